The molecular weight excluding hydrogens is 299 g/mol. The Morgan fingerprint density at radius 1 is 1.27 bits per heavy atom. The molecular formula is C17H17FN2OS. The van der Waals surface area contributed by atoms with Crippen molar-refractivity contribution in [3.05, 3.63) is 51.2 Å². The average Bonchev–Trinajstić information content (AvgIpc) is 3.45. The van der Waals surface area contributed by atoms with Crippen LogP contribution in [0.5, 0.6) is 0 Å². The molecule has 2 aromatic rings. The van der Waals surface area contributed by atoms with Gasteiger partial charge in [0.2, 0.25) is 0 Å². The molecule has 4 rings (SSSR count). The summed E-state index contributed by atoms with van der Waals surface area (Å²) in [5.41, 5.74) is 2.18. The number of nitrogens with one attached hydrogen (secondary N) is 1. The number of carbonyl (C=O) groups is 1. The van der Waals surface area contributed by atoms with E-state index in [0.29, 0.717) is 23.1 Å². The number of carbonyl (C=O) groups excluding carboxylic acids is 1. The van der Waals surface area contributed by atoms with E-state index in [1.54, 1.807) is 16.7 Å². The molecule has 0 radical (unpaired) electrons. The molecule has 1 heterocycles. The topological polar surface area (TPSA) is 42.0 Å². The molecule has 3 nitrogen and oxygen atoms in total. The van der Waals surface area contributed by atoms with Crippen LogP contribution in [-0.2, 0) is 6.54 Å². The van der Waals surface area contributed by atoms with Crippen LogP contribution in [-0.4, -0.2) is 10.9 Å². The summed E-state index contributed by atoms with van der Waals surface area (Å²) >= 11 is 1.54. The van der Waals surface area contributed by atoms with Crippen LogP contribution in [0.3, 0.4) is 0 Å². The first-order valence-corrected chi connectivity index (χ1v) is 8.60. The van der Waals surface area contributed by atoms with Gasteiger partial charge in [0, 0.05) is 23.4 Å². The predicted octanol–water partition coefficient (Wildman–Crippen LogP) is 3.97. The summed E-state index contributed by atoms with van der Waals surface area (Å²) < 4.78 is 13.9. The second kappa shape index (κ2) is 5.47. The van der Waals surface area contributed by atoms with Gasteiger partial charge in [0.25, 0.3) is 5.91 Å². The Morgan fingerprint density at radius 3 is 2.77 bits per heavy atom. The third-order valence-corrected chi connectivity index (χ3v) is 5.25. The second-order valence-electron chi connectivity index (χ2n) is 6.15. The van der Waals surface area contributed by atoms with Crippen LogP contribution >= 0.6 is 11.3 Å². The number of hydrogen-bond donors (Lipinski definition) is 1. The molecule has 2 fully saturated rings. The molecule has 22 heavy (non-hydrogen) atoms. The van der Waals surface area contributed by atoms with Crippen LogP contribution < -0.4 is 5.32 Å². The lowest BCUT2D eigenvalue weighted by atomic mass is 10.1. The number of amides is 1. The summed E-state index contributed by atoms with van der Waals surface area (Å²) in [7, 11) is 0. The summed E-state index contributed by atoms with van der Waals surface area (Å²) in [6, 6.07) is 5.23. The zero-order chi connectivity index (χ0) is 15.1. The van der Waals surface area contributed by atoms with Crippen LogP contribution in [0.1, 0.15) is 64.1 Å². The Labute approximate surface area is 132 Å². The van der Waals surface area contributed by atoms with Crippen molar-refractivity contribution in [1.82, 2.24) is 10.3 Å². The van der Waals surface area contributed by atoms with Gasteiger partial charge in [-0.05, 0) is 43.2 Å². The van der Waals surface area contributed by atoms with Gasteiger partial charge in [-0.2, -0.15) is 0 Å². The van der Waals surface area contributed by atoms with Crippen molar-refractivity contribution < 1.29 is 9.18 Å². The standard InChI is InChI=1S/C17H17FN2OS/c18-14-6-5-12(10-1-2-10)7-13(14)8-19-16(21)15-9-22-17(20-15)11-3-4-11/h5-7,9-11H,1-4,8H2,(H,19,21). The van der Waals surface area contributed by atoms with Crippen LogP contribution in [0.15, 0.2) is 23.6 Å². The van der Waals surface area contributed by atoms with Gasteiger partial charge in [0.05, 0.1) is 5.01 Å². The summed E-state index contributed by atoms with van der Waals surface area (Å²) in [6.45, 7) is 0.210. The fraction of sp³-hybridized carbons (Fsp3) is 0.412. The van der Waals surface area contributed by atoms with Gasteiger partial charge in [-0.25, -0.2) is 9.37 Å². The highest BCUT2D eigenvalue weighted by molar-refractivity contribution is 7.10. The van der Waals surface area contributed by atoms with Gasteiger partial charge in [0.1, 0.15) is 11.5 Å². The largest absolute Gasteiger partial charge is 0.346 e. The second-order valence-corrected chi connectivity index (χ2v) is 7.04. The fourth-order valence-corrected chi connectivity index (χ4v) is 3.55. The van der Waals surface area contributed by atoms with Crippen molar-refractivity contribution in [1.29, 1.82) is 0 Å². The summed E-state index contributed by atoms with van der Waals surface area (Å²) in [4.78, 5) is 16.5. The van der Waals surface area contributed by atoms with Crippen molar-refractivity contribution in [2.45, 2.75) is 44.1 Å². The molecule has 114 valence electrons. The van der Waals surface area contributed by atoms with E-state index in [4.69, 9.17) is 0 Å². The lowest BCUT2D eigenvalue weighted by molar-refractivity contribution is 0.0946. The smallest absolute Gasteiger partial charge is 0.271 e. The monoisotopic (exact) mass is 316 g/mol. The molecule has 0 atom stereocenters. The minimum Gasteiger partial charge on any atom is -0.346 e. The number of thiazole rings is 1. The lowest BCUT2D eigenvalue weighted by Crippen LogP contribution is -2.23. The SMILES string of the molecule is O=C(NCc1cc(C2CC2)ccc1F)c1csc(C2CC2)n1. The molecule has 0 aliphatic heterocycles. The van der Waals surface area contributed by atoms with E-state index in [1.165, 1.54) is 37.3 Å². The van der Waals surface area contributed by atoms with Crippen LogP contribution in [0.4, 0.5) is 4.39 Å². The lowest BCUT2D eigenvalue weighted by Gasteiger charge is -2.07. The van der Waals surface area contributed by atoms with E-state index >= 15 is 0 Å². The van der Waals surface area contributed by atoms with Gasteiger partial charge in [-0.15, -0.1) is 11.3 Å². The van der Waals surface area contributed by atoms with Gasteiger partial charge in [0.15, 0.2) is 0 Å². The van der Waals surface area contributed by atoms with Crippen molar-refractivity contribution in [3.63, 3.8) is 0 Å². The molecule has 1 N–H and O–H groups in total. The fourth-order valence-electron chi connectivity index (χ4n) is 2.58. The average molecular weight is 316 g/mol. The highest BCUT2D eigenvalue weighted by Gasteiger charge is 2.27. The van der Waals surface area contributed by atoms with E-state index in [-0.39, 0.29) is 18.3 Å². The van der Waals surface area contributed by atoms with Gasteiger partial charge in [-0.1, -0.05) is 12.1 Å². The van der Waals surface area contributed by atoms with Gasteiger partial charge >= 0.3 is 0 Å². The molecule has 1 aromatic carbocycles. The number of halogens is 1. The molecule has 0 spiro atoms. The molecule has 2 aliphatic carbocycles. The molecule has 0 bridgehead atoms. The quantitative estimate of drug-likeness (QED) is 0.907. The molecule has 1 aromatic heterocycles. The van der Waals surface area contributed by atoms with Gasteiger partial charge < -0.3 is 5.32 Å². The van der Waals surface area contributed by atoms with E-state index in [0.717, 1.165) is 5.01 Å². The number of benzene rings is 1. The highest BCUT2D eigenvalue weighted by Crippen LogP contribution is 2.41. The first-order chi connectivity index (χ1) is 10.7. The maximum Gasteiger partial charge on any atom is 0.271 e. The van der Waals surface area contributed by atoms with Crippen molar-refractivity contribution in [2.24, 2.45) is 0 Å². The summed E-state index contributed by atoms with van der Waals surface area (Å²) in [5, 5.41) is 5.62. The Kier molecular flexibility index (Phi) is 3.45. The Morgan fingerprint density at radius 2 is 2.05 bits per heavy atom. The van der Waals surface area contributed by atoms with Crippen molar-refractivity contribution in [3.8, 4) is 0 Å². The van der Waals surface area contributed by atoms with E-state index in [9.17, 15) is 9.18 Å². The third kappa shape index (κ3) is 2.90. The molecule has 5 heteroatoms. The number of nitrogens with zero attached hydrogens (tertiary/aromatic N) is 1. The van der Waals surface area contributed by atoms with Gasteiger partial charge in [-0.3, -0.25) is 4.79 Å². The van der Waals surface area contributed by atoms with Crippen LogP contribution in [0.25, 0.3) is 0 Å². The Hall–Kier alpha value is -1.75. The normalized spacial score (nSPS) is 17.5. The first-order valence-electron chi connectivity index (χ1n) is 7.72. The Bertz CT molecular complexity index is 719. The number of hydrogen-bond acceptors (Lipinski definition) is 3. The van der Waals surface area contributed by atoms with E-state index in [1.807, 2.05) is 12.1 Å². The minimum absolute atomic E-state index is 0.210. The molecule has 1 amide bonds. The highest BCUT2D eigenvalue weighted by atomic mass is 32.1. The molecule has 0 unspecified atom stereocenters. The van der Waals surface area contributed by atoms with Crippen molar-refractivity contribution >= 4 is 17.2 Å². The Balaban J connectivity index is 1.42. The van der Waals surface area contributed by atoms with Crippen molar-refractivity contribution in [2.75, 3.05) is 0 Å². The van der Waals surface area contributed by atoms with Crippen LogP contribution in [0, 0.1) is 5.82 Å². The van der Waals surface area contributed by atoms with Crippen LogP contribution in [0.2, 0.25) is 0 Å². The van der Waals surface area contributed by atoms with E-state index < -0.39 is 0 Å². The maximum atomic E-state index is 13.9. The van der Waals surface area contributed by atoms with E-state index in [2.05, 4.69) is 10.3 Å². The summed E-state index contributed by atoms with van der Waals surface area (Å²) in [6.07, 6.45) is 4.71. The predicted molar refractivity (Wildman–Crippen MR) is 83.6 cm³/mol. The number of rotatable bonds is 5. The molecule has 0 saturated heterocycles. The maximum absolute atomic E-state index is 13.9. The third-order valence-electron chi connectivity index (χ3n) is 4.24. The molecule has 2 aliphatic rings. The summed E-state index contributed by atoms with van der Waals surface area (Å²) in [5.74, 6) is 0.648. The zero-order valence-electron chi connectivity index (χ0n) is 12.1. The molecule has 2 saturated carbocycles. The zero-order valence-corrected chi connectivity index (χ0v) is 13.0. The first kappa shape index (κ1) is 13.9. The number of aromatic nitrogens is 1. The minimum atomic E-state index is -0.262.